The zero-order valence-electron chi connectivity index (χ0n) is 10.2. The van der Waals surface area contributed by atoms with Gasteiger partial charge in [0.1, 0.15) is 11.8 Å². The summed E-state index contributed by atoms with van der Waals surface area (Å²) >= 11 is 5.84. The molecule has 0 bridgehead atoms. The molecule has 1 aromatic rings. The van der Waals surface area contributed by atoms with E-state index < -0.39 is 24.5 Å². The third-order valence-electron chi connectivity index (χ3n) is 2.32. The van der Waals surface area contributed by atoms with Gasteiger partial charge in [-0.25, -0.2) is 4.79 Å². The van der Waals surface area contributed by atoms with Crippen LogP contribution in [0.4, 0.5) is 0 Å². The van der Waals surface area contributed by atoms with E-state index >= 15 is 0 Å². The number of carboxylic acid groups (broad SMARTS) is 1. The van der Waals surface area contributed by atoms with Crippen LogP contribution in [-0.4, -0.2) is 41.3 Å². The van der Waals surface area contributed by atoms with Gasteiger partial charge in [-0.05, 0) is 30.7 Å². The molecule has 104 valence electrons. The number of aliphatic hydroxyl groups excluding tert-OH is 1. The highest BCUT2D eigenvalue weighted by molar-refractivity contribution is 6.31. The molecular formula is C12H14ClNO5. The van der Waals surface area contributed by atoms with Crippen LogP contribution in [0.15, 0.2) is 18.2 Å². The van der Waals surface area contributed by atoms with E-state index in [1.807, 2.05) is 0 Å². The smallest absolute Gasteiger partial charge is 0.328 e. The highest BCUT2D eigenvalue weighted by Gasteiger charge is 2.18. The van der Waals surface area contributed by atoms with Crippen molar-refractivity contribution in [3.63, 3.8) is 0 Å². The van der Waals surface area contributed by atoms with Crippen molar-refractivity contribution in [3.8, 4) is 5.75 Å². The molecule has 1 unspecified atom stereocenters. The predicted molar refractivity (Wildman–Crippen MR) is 68.3 cm³/mol. The number of carbonyl (C=O) groups excluding carboxylic acids is 1. The number of ether oxygens (including phenoxy) is 1. The topological polar surface area (TPSA) is 95.9 Å². The molecule has 1 rings (SSSR count). The van der Waals surface area contributed by atoms with Crippen molar-refractivity contribution in [2.75, 3.05) is 13.2 Å². The van der Waals surface area contributed by atoms with Gasteiger partial charge in [-0.1, -0.05) is 11.6 Å². The molecular weight excluding hydrogens is 274 g/mol. The number of halogens is 1. The van der Waals surface area contributed by atoms with Gasteiger partial charge in [0.05, 0.1) is 6.61 Å². The standard InChI is InChI=1S/C12H14ClNO5/c1-7-4-8(2-3-9(7)13)19-6-11(16)14-10(5-15)12(17)18/h2-4,10,15H,5-6H2,1H3,(H,14,16)(H,17,18). The van der Waals surface area contributed by atoms with Gasteiger partial charge in [0.15, 0.2) is 6.61 Å². The van der Waals surface area contributed by atoms with Crippen LogP contribution >= 0.6 is 11.6 Å². The van der Waals surface area contributed by atoms with E-state index in [1.165, 1.54) is 0 Å². The van der Waals surface area contributed by atoms with Crippen LogP contribution in [0.2, 0.25) is 5.02 Å². The van der Waals surface area contributed by atoms with Crippen LogP contribution in [0, 0.1) is 6.92 Å². The summed E-state index contributed by atoms with van der Waals surface area (Å²) in [5.41, 5.74) is 0.804. The lowest BCUT2D eigenvalue weighted by Crippen LogP contribution is -2.45. The third kappa shape index (κ3) is 4.76. The average Bonchev–Trinajstić information content (AvgIpc) is 2.37. The molecule has 0 spiro atoms. The van der Waals surface area contributed by atoms with E-state index in [9.17, 15) is 9.59 Å². The number of aliphatic hydroxyl groups is 1. The molecule has 1 atom stereocenters. The Morgan fingerprint density at radius 3 is 2.68 bits per heavy atom. The first-order valence-corrected chi connectivity index (χ1v) is 5.84. The number of amides is 1. The zero-order valence-corrected chi connectivity index (χ0v) is 11.0. The van der Waals surface area contributed by atoms with Gasteiger partial charge in [-0.3, -0.25) is 4.79 Å². The summed E-state index contributed by atoms with van der Waals surface area (Å²) in [5, 5.41) is 20.1. The highest BCUT2D eigenvalue weighted by atomic mass is 35.5. The van der Waals surface area contributed by atoms with Crippen molar-refractivity contribution in [1.29, 1.82) is 0 Å². The van der Waals surface area contributed by atoms with Crippen LogP contribution < -0.4 is 10.1 Å². The molecule has 0 heterocycles. The Hall–Kier alpha value is -1.79. The molecule has 0 aliphatic carbocycles. The maximum Gasteiger partial charge on any atom is 0.328 e. The van der Waals surface area contributed by atoms with E-state index in [0.717, 1.165) is 5.56 Å². The van der Waals surface area contributed by atoms with Gasteiger partial charge in [-0.15, -0.1) is 0 Å². The fourth-order valence-electron chi connectivity index (χ4n) is 1.28. The van der Waals surface area contributed by atoms with Crippen molar-refractivity contribution in [2.45, 2.75) is 13.0 Å². The fourth-order valence-corrected chi connectivity index (χ4v) is 1.39. The average molecular weight is 288 g/mol. The Balaban J connectivity index is 2.49. The molecule has 1 amide bonds. The van der Waals surface area contributed by atoms with Gasteiger partial charge in [0.2, 0.25) is 0 Å². The summed E-state index contributed by atoms with van der Waals surface area (Å²) in [7, 11) is 0. The molecule has 1 aromatic carbocycles. The number of carboxylic acids is 1. The Morgan fingerprint density at radius 2 is 2.16 bits per heavy atom. The second kappa shape index (κ2) is 6.96. The van der Waals surface area contributed by atoms with Crippen molar-refractivity contribution >= 4 is 23.5 Å². The molecule has 0 aromatic heterocycles. The molecule has 0 saturated carbocycles. The molecule has 3 N–H and O–H groups in total. The molecule has 0 aliphatic rings. The summed E-state index contributed by atoms with van der Waals surface area (Å²) in [6.45, 7) is 0.771. The van der Waals surface area contributed by atoms with Crippen LogP contribution in [0.1, 0.15) is 5.56 Å². The second-order valence-corrected chi connectivity index (χ2v) is 4.25. The Labute approximate surface area is 114 Å². The van der Waals surface area contributed by atoms with Gasteiger partial charge in [-0.2, -0.15) is 0 Å². The maximum atomic E-state index is 11.4. The summed E-state index contributed by atoms with van der Waals surface area (Å²) < 4.78 is 5.18. The quantitative estimate of drug-likeness (QED) is 0.712. The number of aryl methyl sites for hydroxylation is 1. The zero-order chi connectivity index (χ0) is 14.4. The first-order valence-electron chi connectivity index (χ1n) is 5.46. The fraction of sp³-hybridized carbons (Fsp3) is 0.333. The molecule has 0 fully saturated rings. The van der Waals surface area contributed by atoms with Crippen LogP contribution in [0.3, 0.4) is 0 Å². The number of hydrogen-bond donors (Lipinski definition) is 3. The first-order chi connectivity index (χ1) is 8.93. The number of aliphatic carboxylic acids is 1. The SMILES string of the molecule is Cc1cc(OCC(=O)NC(CO)C(=O)O)ccc1Cl. The van der Waals surface area contributed by atoms with Crippen LogP contribution in [0.5, 0.6) is 5.75 Å². The van der Waals surface area contributed by atoms with Gasteiger partial charge in [0.25, 0.3) is 5.91 Å². The van der Waals surface area contributed by atoms with Crippen LogP contribution in [-0.2, 0) is 9.59 Å². The monoisotopic (exact) mass is 287 g/mol. The predicted octanol–water partition coefficient (Wildman–Crippen LogP) is 0.589. The number of carbonyl (C=O) groups is 2. The summed E-state index contributed by atoms with van der Waals surface area (Å²) in [6.07, 6.45) is 0. The minimum Gasteiger partial charge on any atom is -0.484 e. The minimum absolute atomic E-state index is 0.342. The van der Waals surface area contributed by atoms with Crippen molar-refractivity contribution in [2.24, 2.45) is 0 Å². The number of nitrogens with one attached hydrogen (secondary N) is 1. The Morgan fingerprint density at radius 1 is 1.47 bits per heavy atom. The summed E-state index contributed by atoms with van der Waals surface area (Å²) in [6, 6.07) is 3.57. The van der Waals surface area contributed by atoms with Gasteiger partial charge < -0.3 is 20.3 Å². The van der Waals surface area contributed by atoms with E-state index in [1.54, 1.807) is 25.1 Å². The first kappa shape index (κ1) is 15.3. The molecule has 6 nitrogen and oxygen atoms in total. The third-order valence-corrected chi connectivity index (χ3v) is 2.74. The Bertz CT molecular complexity index is 477. The molecule has 19 heavy (non-hydrogen) atoms. The molecule has 0 saturated heterocycles. The summed E-state index contributed by atoms with van der Waals surface area (Å²) in [5.74, 6) is -1.49. The van der Waals surface area contributed by atoms with E-state index in [0.29, 0.717) is 10.8 Å². The van der Waals surface area contributed by atoms with E-state index in [2.05, 4.69) is 5.32 Å². The summed E-state index contributed by atoms with van der Waals surface area (Å²) in [4.78, 5) is 22.0. The molecule has 0 aliphatic heterocycles. The van der Waals surface area contributed by atoms with Crippen molar-refractivity contribution in [1.82, 2.24) is 5.32 Å². The number of rotatable bonds is 6. The van der Waals surface area contributed by atoms with Crippen molar-refractivity contribution in [3.05, 3.63) is 28.8 Å². The van der Waals surface area contributed by atoms with E-state index in [4.69, 9.17) is 26.6 Å². The maximum absolute atomic E-state index is 11.4. The van der Waals surface area contributed by atoms with Crippen LogP contribution in [0.25, 0.3) is 0 Å². The molecule has 0 radical (unpaired) electrons. The number of hydrogen-bond acceptors (Lipinski definition) is 4. The van der Waals surface area contributed by atoms with Gasteiger partial charge in [0, 0.05) is 5.02 Å². The van der Waals surface area contributed by atoms with Gasteiger partial charge >= 0.3 is 5.97 Å². The van der Waals surface area contributed by atoms with E-state index in [-0.39, 0.29) is 6.61 Å². The lowest BCUT2D eigenvalue weighted by Gasteiger charge is -2.12. The highest BCUT2D eigenvalue weighted by Crippen LogP contribution is 2.20. The Kier molecular flexibility index (Phi) is 5.59. The van der Waals surface area contributed by atoms with Crippen molar-refractivity contribution < 1.29 is 24.5 Å². The molecule has 7 heteroatoms. The lowest BCUT2D eigenvalue weighted by atomic mass is 10.2. The minimum atomic E-state index is -1.33. The second-order valence-electron chi connectivity index (χ2n) is 3.84. The largest absolute Gasteiger partial charge is 0.484 e. The lowest BCUT2D eigenvalue weighted by molar-refractivity contribution is -0.143. The normalized spacial score (nSPS) is 11.7. The number of benzene rings is 1.